The molecule has 0 saturated carbocycles. The molecule has 2 aromatic rings. The lowest BCUT2D eigenvalue weighted by molar-refractivity contribution is -0.138. The van der Waals surface area contributed by atoms with Crippen molar-refractivity contribution < 1.29 is 27.8 Å². The molecule has 1 heterocycles. The fourth-order valence-corrected chi connectivity index (χ4v) is 2.54. The van der Waals surface area contributed by atoms with Crippen molar-refractivity contribution in [1.82, 2.24) is 4.98 Å². The summed E-state index contributed by atoms with van der Waals surface area (Å²) in [4.78, 5) is 14.5. The van der Waals surface area contributed by atoms with Crippen LogP contribution >= 0.6 is 11.3 Å². The standard InChI is InChI=1S/C15H15F3N2O3S/c1-2-3-6-23-12-5-4-9(7-10(12)15(16,17)18)19-14-20-11(8-24-14)13(21)22/h4-5,7-8H,2-3,6H2,1H3,(H,19,20)(H,21,22). The van der Waals surface area contributed by atoms with Crippen molar-refractivity contribution in [2.75, 3.05) is 11.9 Å². The van der Waals surface area contributed by atoms with Gasteiger partial charge in [-0.2, -0.15) is 13.2 Å². The molecule has 1 aromatic heterocycles. The summed E-state index contributed by atoms with van der Waals surface area (Å²) in [6.07, 6.45) is -3.08. The molecule has 0 aliphatic heterocycles. The zero-order chi connectivity index (χ0) is 17.7. The molecule has 24 heavy (non-hydrogen) atoms. The summed E-state index contributed by atoms with van der Waals surface area (Å²) >= 11 is 0.992. The molecule has 0 radical (unpaired) electrons. The Hall–Kier alpha value is -2.29. The maximum absolute atomic E-state index is 13.2. The summed E-state index contributed by atoms with van der Waals surface area (Å²) in [6, 6.07) is 3.59. The van der Waals surface area contributed by atoms with E-state index in [0.29, 0.717) is 6.42 Å². The highest BCUT2D eigenvalue weighted by atomic mass is 32.1. The van der Waals surface area contributed by atoms with E-state index in [1.165, 1.54) is 17.5 Å². The quantitative estimate of drug-likeness (QED) is 0.695. The minimum atomic E-state index is -4.56. The number of hydrogen-bond acceptors (Lipinski definition) is 5. The van der Waals surface area contributed by atoms with Crippen LogP contribution in [0, 0.1) is 0 Å². The summed E-state index contributed by atoms with van der Waals surface area (Å²) in [5.74, 6) is -1.43. The first-order chi connectivity index (χ1) is 11.3. The summed E-state index contributed by atoms with van der Waals surface area (Å²) in [7, 11) is 0. The number of aromatic nitrogens is 1. The molecule has 0 spiro atoms. The number of nitrogens with zero attached hydrogens (tertiary/aromatic N) is 1. The maximum Gasteiger partial charge on any atom is 0.420 e. The first-order valence-electron chi connectivity index (χ1n) is 7.11. The molecule has 9 heteroatoms. The predicted octanol–water partition coefficient (Wildman–Crippen LogP) is 4.78. The van der Waals surface area contributed by atoms with Gasteiger partial charge in [-0.3, -0.25) is 0 Å². The van der Waals surface area contributed by atoms with Crippen LogP contribution in [-0.2, 0) is 6.18 Å². The number of thiazole rings is 1. The van der Waals surface area contributed by atoms with Crippen LogP contribution in [0.15, 0.2) is 23.6 Å². The number of rotatable bonds is 7. The molecule has 1 aromatic carbocycles. The predicted molar refractivity (Wildman–Crippen MR) is 84.2 cm³/mol. The molecule has 0 amide bonds. The largest absolute Gasteiger partial charge is 0.493 e. The number of ether oxygens (including phenoxy) is 1. The molecule has 0 aliphatic carbocycles. The van der Waals surface area contributed by atoms with Crippen molar-refractivity contribution in [1.29, 1.82) is 0 Å². The molecule has 0 saturated heterocycles. The van der Waals surface area contributed by atoms with Crippen LogP contribution in [0.3, 0.4) is 0 Å². The topological polar surface area (TPSA) is 71.5 Å². The Bertz CT molecular complexity index is 716. The number of carboxylic acid groups (broad SMARTS) is 1. The third kappa shape index (κ3) is 4.60. The van der Waals surface area contributed by atoms with E-state index in [4.69, 9.17) is 9.84 Å². The van der Waals surface area contributed by atoms with E-state index in [0.717, 1.165) is 23.8 Å². The zero-order valence-corrected chi connectivity index (χ0v) is 13.5. The molecule has 2 N–H and O–H groups in total. The lowest BCUT2D eigenvalue weighted by Crippen LogP contribution is -2.10. The van der Waals surface area contributed by atoms with Crippen molar-refractivity contribution in [3.05, 3.63) is 34.8 Å². The maximum atomic E-state index is 13.2. The van der Waals surface area contributed by atoms with E-state index in [-0.39, 0.29) is 28.9 Å². The van der Waals surface area contributed by atoms with Crippen LogP contribution in [0.4, 0.5) is 24.0 Å². The number of carbonyl (C=O) groups is 1. The van der Waals surface area contributed by atoms with Crippen LogP contribution in [0.5, 0.6) is 5.75 Å². The van der Waals surface area contributed by atoms with Gasteiger partial charge in [0.2, 0.25) is 0 Å². The number of carboxylic acids is 1. The average molecular weight is 360 g/mol. The summed E-state index contributed by atoms with van der Waals surface area (Å²) in [6.45, 7) is 2.13. The van der Waals surface area contributed by atoms with E-state index in [1.54, 1.807) is 0 Å². The Kier molecular flexibility index (Phi) is 5.66. The van der Waals surface area contributed by atoms with E-state index < -0.39 is 17.7 Å². The Morgan fingerprint density at radius 1 is 1.42 bits per heavy atom. The van der Waals surface area contributed by atoms with Gasteiger partial charge >= 0.3 is 12.1 Å². The third-order valence-electron chi connectivity index (χ3n) is 3.01. The molecule has 0 aliphatic rings. The van der Waals surface area contributed by atoms with Gasteiger partial charge in [-0.1, -0.05) is 13.3 Å². The number of benzene rings is 1. The van der Waals surface area contributed by atoms with E-state index in [9.17, 15) is 18.0 Å². The van der Waals surface area contributed by atoms with E-state index in [1.807, 2.05) is 6.92 Å². The van der Waals surface area contributed by atoms with Crippen molar-refractivity contribution in [3.63, 3.8) is 0 Å². The summed E-state index contributed by atoms with van der Waals surface area (Å²) in [5.41, 5.74) is -0.909. The summed E-state index contributed by atoms with van der Waals surface area (Å²) in [5, 5.41) is 13.0. The number of unbranched alkanes of at least 4 members (excludes halogenated alkanes) is 1. The molecular formula is C15H15F3N2O3S. The molecule has 5 nitrogen and oxygen atoms in total. The second kappa shape index (κ2) is 7.52. The molecule has 0 fully saturated rings. The monoisotopic (exact) mass is 360 g/mol. The molecule has 0 atom stereocenters. The van der Waals surface area contributed by atoms with Gasteiger partial charge in [0, 0.05) is 11.1 Å². The second-order valence-electron chi connectivity index (χ2n) is 4.88. The average Bonchev–Trinajstić information content (AvgIpc) is 2.96. The van der Waals surface area contributed by atoms with Crippen molar-refractivity contribution in [2.45, 2.75) is 25.9 Å². The van der Waals surface area contributed by atoms with Crippen LogP contribution < -0.4 is 10.1 Å². The third-order valence-corrected chi connectivity index (χ3v) is 3.77. The SMILES string of the molecule is CCCCOc1ccc(Nc2nc(C(=O)O)cs2)cc1C(F)(F)F. The van der Waals surface area contributed by atoms with Crippen LogP contribution in [0.2, 0.25) is 0 Å². The highest BCUT2D eigenvalue weighted by molar-refractivity contribution is 7.14. The van der Waals surface area contributed by atoms with E-state index >= 15 is 0 Å². The van der Waals surface area contributed by atoms with Crippen LogP contribution in [-0.4, -0.2) is 22.7 Å². The van der Waals surface area contributed by atoms with Gasteiger partial charge in [0.1, 0.15) is 5.75 Å². The van der Waals surface area contributed by atoms with E-state index in [2.05, 4.69) is 10.3 Å². The minimum Gasteiger partial charge on any atom is -0.493 e. The highest BCUT2D eigenvalue weighted by Crippen LogP contribution is 2.38. The molecule has 0 unspecified atom stereocenters. The van der Waals surface area contributed by atoms with Gasteiger partial charge < -0.3 is 15.2 Å². The van der Waals surface area contributed by atoms with Gasteiger partial charge in [-0.25, -0.2) is 9.78 Å². The molecular weight excluding hydrogens is 345 g/mol. The van der Waals surface area contributed by atoms with Crippen LogP contribution in [0.25, 0.3) is 0 Å². The first kappa shape index (κ1) is 18.1. The number of anilines is 2. The lowest BCUT2D eigenvalue weighted by atomic mass is 10.1. The molecule has 130 valence electrons. The van der Waals surface area contributed by atoms with Gasteiger partial charge in [-0.15, -0.1) is 11.3 Å². The minimum absolute atomic E-state index is 0.149. The zero-order valence-electron chi connectivity index (χ0n) is 12.7. The van der Waals surface area contributed by atoms with Crippen molar-refractivity contribution in [3.8, 4) is 5.75 Å². The van der Waals surface area contributed by atoms with Crippen LogP contribution in [0.1, 0.15) is 35.8 Å². The Morgan fingerprint density at radius 2 is 2.17 bits per heavy atom. The van der Waals surface area contributed by atoms with Crippen molar-refractivity contribution in [2.24, 2.45) is 0 Å². The molecule has 2 rings (SSSR count). The highest BCUT2D eigenvalue weighted by Gasteiger charge is 2.34. The number of alkyl halides is 3. The Morgan fingerprint density at radius 3 is 2.75 bits per heavy atom. The second-order valence-corrected chi connectivity index (χ2v) is 5.74. The van der Waals surface area contributed by atoms with Gasteiger partial charge in [0.25, 0.3) is 0 Å². The van der Waals surface area contributed by atoms with Crippen molar-refractivity contribution >= 4 is 28.1 Å². The number of hydrogen-bond donors (Lipinski definition) is 2. The van der Waals surface area contributed by atoms with Gasteiger partial charge in [-0.05, 0) is 24.6 Å². The fraction of sp³-hybridized carbons (Fsp3) is 0.333. The van der Waals surface area contributed by atoms with Gasteiger partial charge in [0.15, 0.2) is 10.8 Å². The van der Waals surface area contributed by atoms with Gasteiger partial charge in [0.05, 0.1) is 12.2 Å². The number of aromatic carboxylic acids is 1. The lowest BCUT2D eigenvalue weighted by Gasteiger charge is -2.15. The first-order valence-corrected chi connectivity index (χ1v) is 7.99. The normalized spacial score (nSPS) is 11.3. The Balaban J connectivity index is 2.23. The number of halogens is 3. The number of nitrogens with one attached hydrogen (secondary N) is 1. The fourth-order valence-electron chi connectivity index (χ4n) is 1.83. The Labute approximate surface area is 140 Å². The summed E-state index contributed by atoms with van der Waals surface area (Å²) < 4.78 is 44.8. The smallest absolute Gasteiger partial charge is 0.420 e. The molecule has 0 bridgehead atoms.